The van der Waals surface area contributed by atoms with Crippen molar-refractivity contribution in [3.05, 3.63) is 58.4 Å². The summed E-state index contributed by atoms with van der Waals surface area (Å²) in [5.74, 6) is 0.0200. The van der Waals surface area contributed by atoms with Crippen LogP contribution in [0, 0.1) is 6.92 Å². The lowest BCUT2D eigenvalue weighted by atomic mass is 9.87. The first kappa shape index (κ1) is 17.1. The van der Waals surface area contributed by atoms with Gasteiger partial charge in [0.05, 0.1) is 10.6 Å². The summed E-state index contributed by atoms with van der Waals surface area (Å²) in [5, 5.41) is 1.09. The van der Waals surface area contributed by atoms with Gasteiger partial charge in [-0.25, -0.2) is 4.98 Å². The van der Waals surface area contributed by atoms with Gasteiger partial charge in [-0.1, -0.05) is 12.1 Å². The highest BCUT2D eigenvalue weighted by Gasteiger charge is 2.28. The molecule has 0 spiro atoms. The number of rotatable bonds is 4. The summed E-state index contributed by atoms with van der Waals surface area (Å²) in [5.41, 5.74) is 8.94. The van der Waals surface area contributed by atoms with Crippen LogP contribution in [0.15, 0.2) is 36.5 Å². The Morgan fingerprint density at radius 3 is 2.81 bits per heavy atom. The molecule has 1 amide bonds. The van der Waals surface area contributed by atoms with Crippen molar-refractivity contribution in [2.75, 3.05) is 13.1 Å². The summed E-state index contributed by atoms with van der Waals surface area (Å²) in [6, 6.07) is 10.2. The van der Waals surface area contributed by atoms with E-state index < -0.39 is 0 Å². The first-order valence-electron chi connectivity index (χ1n) is 8.94. The van der Waals surface area contributed by atoms with Crippen molar-refractivity contribution < 1.29 is 4.79 Å². The van der Waals surface area contributed by atoms with E-state index in [0.29, 0.717) is 10.8 Å². The Morgan fingerprint density at radius 1 is 1.27 bits per heavy atom. The third kappa shape index (κ3) is 3.34. The van der Waals surface area contributed by atoms with Gasteiger partial charge in [-0.15, -0.1) is 11.3 Å². The summed E-state index contributed by atoms with van der Waals surface area (Å²) in [4.78, 5) is 25.0. The zero-order valence-corrected chi connectivity index (χ0v) is 15.6. The number of piperidine rings is 1. The maximum atomic E-state index is 12.0. The molecule has 0 saturated carbocycles. The molecule has 26 heavy (non-hydrogen) atoms. The highest BCUT2D eigenvalue weighted by atomic mass is 32.1. The molecule has 0 radical (unpaired) electrons. The minimum absolute atomic E-state index is 0.339. The van der Waals surface area contributed by atoms with Gasteiger partial charge in [-0.3, -0.25) is 14.7 Å². The molecule has 1 saturated heterocycles. The minimum Gasteiger partial charge on any atom is -0.365 e. The number of aromatic nitrogens is 2. The van der Waals surface area contributed by atoms with E-state index in [1.807, 2.05) is 19.1 Å². The average molecular weight is 366 g/mol. The van der Waals surface area contributed by atoms with Crippen molar-refractivity contribution >= 4 is 27.5 Å². The zero-order chi connectivity index (χ0) is 18.1. The van der Waals surface area contributed by atoms with Crippen molar-refractivity contribution in [1.82, 2.24) is 14.9 Å². The van der Waals surface area contributed by atoms with Crippen molar-refractivity contribution in [3.8, 4) is 0 Å². The minimum atomic E-state index is -0.339. The van der Waals surface area contributed by atoms with Gasteiger partial charge in [0.2, 0.25) is 0 Å². The van der Waals surface area contributed by atoms with Crippen LogP contribution in [0.25, 0.3) is 10.2 Å². The van der Waals surface area contributed by atoms with E-state index in [-0.39, 0.29) is 5.91 Å². The van der Waals surface area contributed by atoms with Gasteiger partial charge in [-0.05, 0) is 62.5 Å². The Balaban J connectivity index is 1.52. The summed E-state index contributed by atoms with van der Waals surface area (Å²) in [6.07, 6.45) is 3.81. The van der Waals surface area contributed by atoms with E-state index in [2.05, 4.69) is 33.1 Å². The largest absolute Gasteiger partial charge is 0.365 e. The number of pyridine rings is 2. The lowest BCUT2D eigenvalue weighted by molar-refractivity contribution is 0.100. The first-order valence-corrected chi connectivity index (χ1v) is 9.75. The highest BCUT2D eigenvalue weighted by molar-refractivity contribution is 7.20. The van der Waals surface area contributed by atoms with Crippen LogP contribution in [-0.4, -0.2) is 33.9 Å². The second-order valence-corrected chi connectivity index (χ2v) is 7.89. The molecule has 3 aromatic rings. The number of hydrogen-bond donors (Lipinski definition) is 1. The molecule has 4 rings (SSSR count). The molecule has 3 aromatic heterocycles. The lowest BCUT2D eigenvalue weighted by Crippen LogP contribution is -2.33. The summed E-state index contributed by atoms with van der Waals surface area (Å²) in [6.45, 7) is 4.89. The highest BCUT2D eigenvalue weighted by Crippen LogP contribution is 2.39. The van der Waals surface area contributed by atoms with E-state index in [1.165, 1.54) is 11.3 Å². The van der Waals surface area contributed by atoms with Gasteiger partial charge < -0.3 is 5.73 Å². The van der Waals surface area contributed by atoms with Gasteiger partial charge in [-0.2, -0.15) is 0 Å². The Morgan fingerprint density at radius 2 is 2.08 bits per heavy atom. The molecule has 5 nitrogen and oxygen atoms in total. The molecule has 1 aliphatic heterocycles. The molecule has 0 bridgehead atoms. The van der Waals surface area contributed by atoms with Crippen LogP contribution in [0.4, 0.5) is 0 Å². The average Bonchev–Trinajstić information content (AvgIpc) is 3.02. The smallest absolute Gasteiger partial charge is 0.259 e. The van der Waals surface area contributed by atoms with Gasteiger partial charge in [0.25, 0.3) is 5.91 Å². The van der Waals surface area contributed by atoms with Gasteiger partial charge in [0, 0.05) is 23.8 Å². The first-order chi connectivity index (χ1) is 12.6. The Hall–Kier alpha value is -2.31. The third-order valence-corrected chi connectivity index (χ3v) is 6.20. The Labute approximate surface area is 156 Å². The Bertz CT molecular complexity index is 944. The van der Waals surface area contributed by atoms with Crippen LogP contribution < -0.4 is 5.73 Å². The lowest BCUT2D eigenvalue weighted by Gasteiger charge is -2.32. The number of nitrogens with zero attached hydrogens (tertiary/aromatic N) is 3. The van der Waals surface area contributed by atoms with Crippen LogP contribution in [-0.2, 0) is 6.54 Å². The summed E-state index contributed by atoms with van der Waals surface area (Å²) in [7, 11) is 0. The van der Waals surface area contributed by atoms with Crippen molar-refractivity contribution in [3.63, 3.8) is 0 Å². The van der Waals surface area contributed by atoms with E-state index in [1.54, 1.807) is 6.20 Å². The van der Waals surface area contributed by atoms with E-state index in [0.717, 1.165) is 59.6 Å². The second kappa shape index (κ2) is 7.13. The number of carbonyl (C=O) groups is 1. The van der Waals surface area contributed by atoms with Gasteiger partial charge in [0.1, 0.15) is 4.83 Å². The van der Waals surface area contributed by atoms with E-state index >= 15 is 0 Å². The third-order valence-electron chi connectivity index (χ3n) is 5.06. The molecule has 0 aromatic carbocycles. The number of fused-ring (bicyclic) bond motifs is 1. The molecule has 0 unspecified atom stereocenters. The van der Waals surface area contributed by atoms with Crippen LogP contribution in [0.1, 0.15) is 45.4 Å². The number of aryl methyl sites for hydroxylation is 1. The maximum Gasteiger partial charge on any atom is 0.259 e. The number of nitrogens with two attached hydrogens (primary N) is 1. The normalized spacial score (nSPS) is 16.2. The van der Waals surface area contributed by atoms with Crippen LogP contribution in [0.3, 0.4) is 0 Å². The van der Waals surface area contributed by atoms with Crippen molar-refractivity contribution in [2.24, 2.45) is 5.73 Å². The number of carbonyl (C=O) groups excluding carboxylic acids is 1. The number of amides is 1. The monoisotopic (exact) mass is 366 g/mol. The van der Waals surface area contributed by atoms with E-state index in [9.17, 15) is 4.79 Å². The number of primary amides is 1. The molecule has 1 fully saturated rings. The molecule has 6 heteroatoms. The number of likely N-dealkylation sites (tertiary alicyclic amines) is 1. The molecule has 2 N–H and O–H groups in total. The molecule has 1 aliphatic rings. The predicted octanol–water partition coefficient (Wildman–Crippen LogP) is 3.48. The number of hydrogen-bond acceptors (Lipinski definition) is 5. The van der Waals surface area contributed by atoms with E-state index in [4.69, 9.17) is 5.73 Å². The number of thiophene rings is 1. The van der Waals surface area contributed by atoms with Gasteiger partial charge in [0.15, 0.2) is 0 Å². The second-order valence-electron chi connectivity index (χ2n) is 6.89. The fourth-order valence-corrected chi connectivity index (χ4v) is 4.92. The molecule has 4 heterocycles. The zero-order valence-electron chi connectivity index (χ0n) is 14.8. The summed E-state index contributed by atoms with van der Waals surface area (Å²) >= 11 is 1.42. The molecular weight excluding hydrogens is 344 g/mol. The predicted molar refractivity (Wildman–Crippen MR) is 104 cm³/mol. The van der Waals surface area contributed by atoms with Crippen LogP contribution in [0.2, 0.25) is 0 Å². The topological polar surface area (TPSA) is 72.1 Å². The van der Waals surface area contributed by atoms with Gasteiger partial charge >= 0.3 is 0 Å². The molecule has 134 valence electrons. The maximum absolute atomic E-state index is 12.0. The fourth-order valence-electron chi connectivity index (χ4n) is 3.84. The SMILES string of the molecule is Cc1cccc(CN2CCC(c3c(C(N)=O)sc4ncccc34)CC2)n1. The molecular formula is C20H22N4OS. The molecule has 0 aliphatic carbocycles. The van der Waals surface area contributed by atoms with Crippen LogP contribution >= 0.6 is 11.3 Å². The quantitative estimate of drug-likeness (QED) is 0.767. The van der Waals surface area contributed by atoms with Crippen LogP contribution in [0.5, 0.6) is 0 Å². The molecule has 0 atom stereocenters. The standard InChI is InChI=1S/C20H22N4OS/c1-13-4-2-5-15(23-13)12-24-10-7-14(8-11-24)17-16-6-3-9-22-20(16)26-18(17)19(21)25/h2-6,9,14H,7-8,10-12H2,1H3,(H2,21,25). The summed E-state index contributed by atoms with van der Waals surface area (Å²) < 4.78 is 0. The van der Waals surface area contributed by atoms with Crippen molar-refractivity contribution in [2.45, 2.75) is 32.2 Å². The van der Waals surface area contributed by atoms with Crippen molar-refractivity contribution in [1.29, 1.82) is 0 Å². The fraction of sp³-hybridized carbons (Fsp3) is 0.350. The Kier molecular flexibility index (Phi) is 4.70.